The third kappa shape index (κ3) is 4.89. The summed E-state index contributed by atoms with van der Waals surface area (Å²) in [6.45, 7) is 2.14. The first kappa shape index (κ1) is 26.5. The molecule has 3 atom stereocenters. The van der Waals surface area contributed by atoms with Crippen molar-refractivity contribution in [2.45, 2.75) is 56.0 Å². The van der Waals surface area contributed by atoms with Gasteiger partial charge in [-0.1, -0.05) is 11.6 Å². The van der Waals surface area contributed by atoms with Crippen molar-refractivity contribution in [1.29, 1.82) is 0 Å². The number of hydrogen-bond donors (Lipinski definition) is 2. The lowest BCUT2D eigenvalue weighted by molar-refractivity contribution is 0.0263. The van der Waals surface area contributed by atoms with Crippen molar-refractivity contribution in [3.05, 3.63) is 64.2 Å². The first-order chi connectivity index (χ1) is 18.6. The van der Waals surface area contributed by atoms with Gasteiger partial charge in [0.25, 0.3) is 5.91 Å². The zero-order valence-corrected chi connectivity index (χ0v) is 23.5. The van der Waals surface area contributed by atoms with Crippen molar-refractivity contribution in [2.75, 3.05) is 25.5 Å². The van der Waals surface area contributed by atoms with Crippen LogP contribution in [0.15, 0.2) is 30.6 Å². The van der Waals surface area contributed by atoms with Crippen molar-refractivity contribution in [3.63, 3.8) is 0 Å². The summed E-state index contributed by atoms with van der Waals surface area (Å²) in [4.78, 5) is 20.2. The maximum atomic E-state index is 13.6. The Bertz CT molecular complexity index is 1390. The molecule has 1 saturated heterocycles. The van der Waals surface area contributed by atoms with Gasteiger partial charge in [0, 0.05) is 38.2 Å². The zero-order chi connectivity index (χ0) is 27.5. The van der Waals surface area contributed by atoms with Crippen LogP contribution in [0.2, 0.25) is 5.02 Å². The summed E-state index contributed by atoms with van der Waals surface area (Å²) in [7, 11) is 5.92. The molecule has 3 fully saturated rings. The highest BCUT2D eigenvalue weighted by molar-refractivity contribution is 6.31. The molecule has 10 heteroatoms. The maximum absolute atomic E-state index is 13.6. The topological polar surface area (TPSA) is 88.2 Å². The first-order valence-corrected chi connectivity index (χ1v) is 14.2. The number of aryl methyl sites for hydroxylation is 2. The largest absolute Gasteiger partial charge is 0.384 e. The van der Waals surface area contributed by atoms with Crippen molar-refractivity contribution in [2.24, 2.45) is 25.9 Å². The van der Waals surface area contributed by atoms with E-state index in [1.807, 2.05) is 18.8 Å². The zero-order valence-electron chi connectivity index (χ0n) is 22.7. The second kappa shape index (κ2) is 10.0. The van der Waals surface area contributed by atoms with Gasteiger partial charge in [0.1, 0.15) is 17.1 Å². The molecular weight excluding hydrogens is 519 g/mol. The van der Waals surface area contributed by atoms with E-state index in [4.69, 9.17) is 16.7 Å². The van der Waals surface area contributed by atoms with Gasteiger partial charge in [-0.3, -0.25) is 9.48 Å². The van der Waals surface area contributed by atoms with Crippen LogP contribution in [0.25, 0.3) is 0 Å². The standard InChI is InChI=1S/C29H36ClFN6O2/c1-35-8-4-5-17(15-35)24-12-25(37(3)34-24)29(39)13-19-9-18(10-20(19)14-29)26-27(36(2)16-32-26)28(38)33-21-6-7-23(31)22(30)11-21/h6-7,11-12,16-20,39H,4-5,8-10,13-15H2,1-3H3,(H,33,38). The highest BCUT2D eigenvalue weighted by Gasteiger charge is 2.51. The van der Waals surface area contributed by atoms with E-state index in [0.717, 1.165) is 49.4 Å². The smallest absolute Gasteiger partial charge is 0.274 e. The van der Waals surface area contributed by atoms with Crippen LogP contribution in [-0.2, 0) is 19.7 Å². The second-order valence-electron chi connectivity index (χ2n) is 12.0. The van der Waals surface area contributed by atoms with Crippen LogP contribution in [0.5, 0.6) is 0 Å². The number of hydrogen-bond acceptors (Lipinski definition) is 5. The lowest BCUT2D eigenvalue weighted by Gasteiger charge is -2.28. The van der Waals surface area contributed by atoms with Gasteiger partial charge in [0.05, 0.1) is 28.4 Å². The number of anilines is 1. The summed E-state index contributed by atoms with van der Waals surface area (Å²) in [5, 5.41) is 19.5. The normalized spacial score (nSPS) is 29.1. The van der Waals surface area contributed by atoms with Gasteiger partial charge in [0.2, 0.25) is 0 Å². The first-order valence-electron chi connectivity index (χ1n) is 13.8. The summed E-state index contributed by atoms with van der Waals surface area (Å²) in [6, 6.07) is 6.28. The number of imidazole rings is 1. The molecule has 3 aromatic rings. The molecule has 39 heavy (non-hydrogen) atoms. The van der Waals surface area contributed by atoms with Gasteiger partial charge in [0.15, 0.2) is 0 Å². The van der Waals surface area contributed by atoms with Gasteiger partial charge >= 0.3 is 0 Å². The summed E-state index contributed by atoms with van der Waals surface area (Å²) in [6.07, 6.45) is 7.14. The average Bonchev–Trinajstić information content (AvgIpc) is 3.63. The molecule has 2 aliphatic carbocycles. The molecule has 8 nitrogen and oxygen atoms in total. The van der Waals surface area contributed by atoms with Gasteiger partial charge in [-0.2, -0.15) is 5.10 Å². The highest BCUT2D eigenvalue weighted by atomic mass is 35.5. The number of amides is 1. The Morgan fingerprint density at radius 1 is 1.15 bits per heavy atom. The minimum atomic E-state index is -0.882. The average molecular weight is 555 g/mol. The Morgan fingerprint density at radius 3 is 2.59 bits per heavy atom. The summed E-state index contributed by atoms with van der Waals surface area (Å²) >= 11 is 5.89. The number of nitrogens with one attached hydrogen (secondary N) is 1. The predicted molar refractivity (Wildman–Crippen MR) is 147 cm³/mol. The fourth-order valence-electron chi connectivity index (χ4n) is 7.42. The molecule has 1 aliphatic heterocycles. The Hall–Kier alpha value is -2.75. The molecule has 2 saturated carbocycles. The molecule has 3 aliphatic rings. The van der Waals surface area contributed by atoms with Gasteiger partial charge in [-0.25, -0.2) is 9.37 Å². The number of likely N-dealkylation sites (N-methyl/N-ethyl adjacent to an activating group) is 1. The molecule has 0 spiro atoms. The van der Waals surface area contributed by atoms with Crippen LogP contribution in [0.3, 0.4) is 0 Å². The lowest BCUT2D eigenvalue weighted by Crippen LogP contribution is -2.31. The van der Waals surface area contributed by atoms with E-state index in [1.165, 1.54) is 24.6 Å². The van der Waals surface area contributed by atoms with E-state index in [9.17, 15) is 14.3 Å². The van der Waals surface area contributed by atoms with Crippen LogP contribution in [0.1, 0.15) is 77.9 Å². The number of carbonyl (C=O) groups excluding carboxylic acids is 1. The number of aliphatic hydroxyl groups is 1. The summed E-state index contributed by atoms with van der Waals surface area (Å²) in [5.41, 5.74) is 2.85. The summed E-state index contributed by atoms with van der Waals surface area (Å²) in [5.74, 6) is 0.440. The number of rotatable bonds is 5. The molecule has 1 amide bonds. The third-order valence-corrected chi connectivity index (χ3v) is 9.49. The van der Waals surface area contributed by atoms with E-state index in [-0.39, 0.29) is 16.8 Å². The van der Waals surface area contributed by atoms with E-state index in [1.54, 1.807) is 10.9 Å². The predicted octanol–water partition coefficient (Wildman–Crippen LogP) is 4.80. The van der Waals surface area contributed by atoms with Crippen molar-refractivity contribution >= 4 is 23.2 Å². The molecule has 6 rings (SSSR count). The van der Waals surface area contributed by atoms with Gasteiger partial charge < -0.3 is 19.9 Å². The molecular formula is C29H36ClFN6O2. The maximum Gasteiger partial charge on any atom is 0.274 e. The van der Waals surface area contributed by atoms with E-state index >= 15 is 0 Å². The molecule has 2 N–H and O–H groups in total. The third-order valence-electron chi connectivity index (χ3n) is 9.20. The number of benzene rings is 1. The van der Waals surface area contributed by atoms with Crippen LogP contribution in [-0.4, -0.2) is 55.4 Å². The number of carbonyl (C=O) groups is 1. The van der Waals surface area contributed by atoms with Gasteiger partial charge in [-0.15, -0.1) is 0 Å². The number of nitrogens with zero attached hydrogens (tertiary/aromatic N) is 5. The van der Waals surface area contributed by atoms with Crippen molar-refractivity contribution in [3.8, 4) is 0 Å². The molecule has 208 valence electrons. The Morgan fingerprint density at radius 2 is 1.90 bits per heavy atom. The minimum absolute atomic E-state index is 0.0410. The SMILES string of the molecule is CN1CCCC(c2cc(C3(O)CC4CC(c5ncn(C)c5C(=O)Nc5ccc(F)c(Cl)c5)CC4C3)n(C)n2)C1. The van der Waals surface area contributed by atoms with E-state index in [0.29, 0.717) is 42.0 Å². The van der Waals surface area contributed by atoms with E-state index < -0.39 is 11.4 Å². The van der Waals surface area contributed by atoms with Crippen LogP contribution >= 0.6 is 11.6 Å². The van der Waals surface area contributed by atoms with Gasteiger partial charge in [-0.05, 0) is 88.2 Å². The van der Waals surface area contributed by atoms with Crippen LogP contribution in [0.4, 0.5) is 10.1 Å². The lowest BCUT2D eigenvalue weighted by atomic mass is 9.89. The number of aromatic nitrogens is 4. The van der Waals surface area contributed by atoms with Crippen LogP contribution < -0.4 is 5.32 Å². The number of halogens is 2. The Kier molecular flexibility index (Phi) is 6.80. The number of piperidine rings is 1. The van der Waals surface area contributed by atoms with Crippen molar-refractivity contribution < 1.29 is 14.3 Å². The van der Waals surface area contributed by atoms with Crippen molar-refractivity contribution in [1.82, 2.24) is 24.2 Å². The molecule has 3 heterocycles. The summed E-state index contributed by atoms with van der Waals surface area (Å²) < 4.78 is 17.2. The molecule has 2 aromatic heterocycles. The fourth-order valence-corrected chi connectivity index (χ4v) is 7.60. The molecule has 0 radical (unpaired) electrons. The van der Waals surface area contributed by atoms with E-state index in [2.05, 4.69) is 28.3 Å². The number of likely N-dealkylation sites (tertiary alicyclic amines) is 1. The quantitative estimate of drug-likeness (QED) is 0.473. The fraction of sp³-hybridized carbons (Fsp3) is 0.552. The monoisotopic (exact) mass is 554 g/mol. The molecule has 3 unspecified atom stereocenters. The Balaban J connectivity index is 1.16. The van der Waals surface area contributed by atoms with Crippen LogP contribution in [0, 0.1) is 17.7 Å². The number of fused-ring (bicyclic) bond motifs is 1. The molecule has 0 bridgehead atoms. The highest BCUT2D eigenvalue weighted by Crippen LogP contribution is 2.57. The second-order valence-corrected chi connectivity index (χ2v) is 12.4. The Labute approximate surface area is 233 Å². The molecule has 1 aromatic carbocycles. The minimum Gasteiger partial charge on any atom is -0.384 e.